The number of hydrogen-bond donors (Lipinski definition) is 2. The van der Waals surface area contributed by atoms with Crippen LogP contribution >= 0.6 is 0 Å². The van der Waals surface area contributed by atoms with E-state index in [4.69, 9.17) is 0 Å². The number of sulfone groups is 1. The molecule has 2 heterocycles. The third-order valence-electron chi connectivity index (χ3n) is 5.75. The summed E-state index contributed by atoms with van der Waals surface area (Å²) in [6, 6.07) is 13.1. The van der Waals surface area contributed by atoms with Gasteiger partial charge in [0.25, 0.3) is 21.7 Å². The molecule has 1 saturated heterocycles. The van der Waals surface area contributed by atoms with Gasteiger partial charge in [-0.15, -0.1) is 0 Å². The van der Waals surface area contributed by atoms with Crippen LogP contribution in [-0.2, 0) is 14.6 Å². The number of alkyl halides is 3. The largest absolute Gasteiger partial charge is 0.501 e. The molecule has 0 radical (unpaired) electrons. The topological polar surface area (TPSA) is 126 Å². The predicted molar refractivity (Wildman–Crippen MR) is 127 cm³/mol. The van der Waals surface area contributed by atoms with Crippen LogP contribution in [0.1, 0.15) is 28.9 Å². The average Bonchev–Trinajstić information content (AvgIpc) is 3.17. The van der Waals surface area contributed by atoms with Crippen LogP contribution in [0.15, 0.2) is 77.8 Å². The maximum absolute atomic E-state index is 13.1. The van der Waals surface area contributed by atoms with Crippen molar-refractivity contribution in [1.29, 1.82) is 0 Å². The molecule has 0 spiro atoms. The van der Waals surface area contributed by atoms with Crippen molar-refractivity contribution in [3.8, 4) is 0 Å². The Hall–Kier alpha value is -4.26. The van der Waals surface area contributed by atoms with Crippen LogP contribution < -0.4 is 15.5 Å². The summed E-state index contributed by atoms with van der Waals surface area (Å²) in [5, 5.41) is 5.23. The fraction of sp³-hybridized carbons (Fsp3) is 0.167. The van der Waals surface area contributed by atoms with E-state index in [-0.39, 0.29) is 11.4 Å². The SMILES string of the molecule is CC(c1ccnc(C(=O)Nc2ccccc2)c1)C1NC(=O)N(c2ccc(S(=O)(=O)C(F)(F)F)cc2)C1=O. The Kier molecular flexibility index (Phi) is 6.74. The number of halogens is 3. The molecule has 2 N–H and O–H groups in total. The lowest BCUT2D eigenvalue weighted by molar-refractivity contribution is -0.118. The second-order valence-corrected chi connectivity index (χ2v) is 10.1. The van der Waals surface area contributed by atoms with Gasteiger partial charge in [0.2, 0.25) is 0 Å². The Bertz CT molecular complexity index is 1460. The van der Waals surface area contributed by atoms with Crippen LogP contribution in [0.2, 0.25) is 0 Å². The second-order valence-electron chi connectivity index (χ2n) is 8.13. The van der Waals surface area contributed by atoms with E-state index < -0.39 is 50.0 Å². The van der Waals surface area contributed by atoms with Gasteiger partial charge in [0.1, 0.15) is 11.7 Å². The third-order valence-corrected chi connectivity index (χ3v) is 7.25. The number of aromatic nitrogens is 1. The zero-order valence-corrected chi connectivity index (χ0v) is 19.9. The molecule has 4 amide bonds. The molecule has 9 nitrogen and oxygen atoms in total. The molecular weight excluding hydrogens is 513 g/mol. The number of imide groups is 1. The summed E-state index contributed by atoms with van der Waals surface area (Å²) in [6.45, 7) is 1.65. The van der Waals surface area contributed by atoms with Crippen molar-refractivity contribution < 1.29 is 36.0 Å². The lowest BCUT2D eigenvalue weighted by Crippen LogP contribution is -2.35. The number of nitrogens with zero attached hydrogens (tertiary/aromatic N) is 2. The molecule has 2 unspecified atom stereocenters. The highest BCUT2D eigenvalue weighted by atomic mass is 32.2. The standard InChI is InChI=1S/C24H19F3N4O5S/c1-14(15-11-12-28-19(13-15)21(32)29-16-5-3-2-4-6-16)20-22(33)31(23(34)30-20)17-7-9-18(10-8-17)37(35,36)24(25,26)27/h2-14,20H,1H3,(H,29,32)(H,30,34). The first kappa shape index (κ1) is 25.8. The first-order valence-electron chi connectivity index (χ1n) is 10.8. The molecule has 0 aliphatic carbocycles. The molecule has 4 rings (SSSR count). The Labute approximate surface area is 209 Å². The number of amides is 4. The minimum atomic E-state index is -5.58. The van der Waals surface area contributed by atoms with Crippen LogP contribution in [0.3, 0.4) is 0 Å². The first-order valence-corrected chi connectivity index (χ1v) is 12.3. The Morgan fingerprint density at radius 1 is 1.05 bits per heavy atom. The zero-order chi connectivity index (χ0) is 27.0. The van der Waals surface area contributed by atoms with Crippen LogP contribution in [-0.4, -0.2) is 42.8 Å². The number of pyridine rings is 1. The van der Waals surface area contributed by atoms with Crippen LogP contribution in [0, 0.1) is 0 Å². The highest BCUT2D eigenvalue weighted by Gasteiger charge is 2.47. The van der Waals surface area contributed by atoms with Crippen LogP contribution in [0.4, 0.5) is 29.3 Å². The molecule has 0 bridgehead atoms. The quantitative estimate of drug-likeness (QED) is 0.465. The van der Waals surface area contributed by atoms with E-state index in [2.05, 4.69) is 15.6 Å². The van der Waals surface area contributed by atoms with Gasteiger partial charge >= 0.3 is 11.5 Å². The number of carbonyl (C=O) groups excluding carboxylic acids is 3. The molecule has 1 aliphatic heterocycles. The molecule has 2 aromatic carbocycles. The van der Waals surface area contributed by atoms with Gasteiger partial charge in [-0.1, -0.05) is 25.1 Å². The highest BCUT2D eigenvalue weighted by molar-refractivity contribution is 7.92. The summed E-state index contributed by atoms with van der Waals surface area (Å²) in [5.41, 5.74) is -4.41. The van der Waals surface area contributed by atoms with Crippen LogP contribution in [0.25, 0.3) is 0 Å². The van der Waals surface area contributed by atoms with Gasteiger partial charge in [0.15, 0.2) is 0 Å². The third kappa shape index (κ3) is 5.03. The van der Waals surface area contributed by atoms with Gasteiger partial charge in [-0.3, -0.25) is 14.6 Å². The van der Waals surface area contributed by atoms with E-state index in [1.54, 1.807) is 43.3 Å². The Morgan fingerprint density at radius 3 is 2.32 bits per heavy atom. The maximum atomic E-state index is 13.1. The van der Waals surface area contributed by atoms with E-state index in [1.807, 2.05) is 0 Å². The second kappa shape index (κ2) is 9.65. The van der Waals surface area contributed by atoms with Crippen molar-refractivity contribution in [1.82, 2.24) is 10.3 Å². The number of nitrogens with one attached hydrogen (secondary N) is 2. The molecule has 3 aromatic rings. The van der Waals surface area contributed by atoms with E-state index in [1.165, 1.54) is 12.3 Å². The molecule has 37 heavy (non-hydrogen) atoms. The summed E-state index contributed by atoms with van der Waals surface area (Å²) >= 11 is 0. The normalized spacial score (nSPS) is 16.9. The minimum Gasteiger partial charge on any atom is -0.325 e. The predicted octanol–water partition coefficient (Wildman–Crippen LogP) is 3.86. The molecule has 13 heteroatoms. The number of para-hydroxylation sites is 1. The molecule has 1 aliphatic rings. The molecule has 0 saturated carbocycles. The van der Waals surface area contributed by atoms with Crippen LogP contribution in [0.5, 0.6) is 0 Å². The van der Waals surface area contributed by atoms with Crippen molar-refractivity contribution in [2.45, 2.75) is 29.3 Å². The van der Waals surface area contributed by atoms with Crippen molar-refractivity contribution >= 4 is 39.1 Å². The summed E-state index contributed by atoms with van der Waals surface area (Å²) in [7, 11) is -5.58. The van der Waals surface area contributed by atoms with Gasteiger partial charge < -0.3 is 10.6 Å². The Balaban J connectivity index is 1.52. The number of carbonyl (C=O) groups is 3. The van der Waals surface area contributed by atoms with E-state index in [9.17, 15) is 36.0 Å². The van der Waals surface area contributed by atoms with Crippen molar-refractivity contribution in [3.63, 3.8) is 0 Å². The molecule has 192 valence electrons. The van der Waals surface area contributed by atoms with E-state index in [0.29, 0.717) is 23.4 Å². The summed E-state index contributed by atoms with van der Waals surface area (Å²) in [4.78, 5) is 42.0. The number of rotatable bonds is 6. The summed E-state index contributed by atoms with van der Waals surface area (Å²) in [5.74, 6) is -1.79. The zero-order valence-electron chi connectivity index (χ0n) is 19.1. The molecular formula is C24H19F3N4O5S. The van der Waals surface area contributed by atoms with E-state index >= 15 is 0 Å². The van der Waals surface area contributed by atoms with Gasteiger partial charge in [-0.25, -0.2) is 18.1 Å². The minimum absolute atomic E-state index is 0.0864. The summed E-state index contributed by atoms with van der Waals surface area (Å²) in [6.07, 6.45) is 1.39. The van der Waals surface area contributed by atoms with Gasteiger partial charge in [-0.2, -0.15) is 13.2 Å². The van der Waals surface area contributed by atoms with E-state index in [0.717, 1.165) is 17.0 Å². The van der Waals surface area contributed by atoms with Gasteiger partial charge in [0, 0.05) is 17.8 Å². The van der Waals surface area contributed by atoms with Gasteiger partial charge in [-0.05, 0) is 54.1 Å². The maximum Gasteiger partial charge on any atom is 0.501 e. The number of urea groups is 1. The number of benzene rings is 2. The number of hydrogen-bond acceptors (Lipinski definition) is 6. The first-order chi connectivity index (χ1) is 17.4. The fourth-order valence-corrected chi connectivity index (χ4v) is 4.51. The molecule has 1 aromatic heterocycles. The van der Waals surface area contributed by atoms with Crippen molar-refractivity contribution in [2.24, 2.45) is 0 Å². The van der Waals surface area contributed by atoms with Crippen molar-refractivity contribution in [3.05, 3.63) is 84.2 Å². The highest BCUT2D eigenvalue weighted by Crippen LogP contribution is 2.32. The molecule has 1 fully saturated rings. The number of anilines is 2. The Morgan fingerprint density at radius 2 is 1.70 bits per heavy atom. The monoisotopic (exact) mass is 532 g/mol. The van der Waals surface area contributed by atoms with Gasteiger partial charge in [0.05, 0.1) is 10.6 Å². The summed E-state index contributed by atoms with van der Waals surface area (Å²) < 4.78 is 61.5. The average molecular weight is 533 g/mol. The smallest absolute Gasteiger partial charge is 0.325 e. The molecule has 2 atom stereocenters. The van der Waals surface area contributed by atoms with Crippen molar-refractivity contribution in [2.75, 3.05) is 10.2 Å². The fourth-order valence-electron chi connectivity index (χ4n) is 3.75. The lowest BCUT2D eigenvalue weighted by atomic mass is 9.93. The lowest BCUT2D eigenvalue weighted by Gasteiger charge is -2.19.